The van der Waals surface area contributed by atoms with E-state index in [1.54, 1.807) is 0 Å². The van der Waals surface area contributed by atoms with Crippen molar-refractivity contribution >= 4 is 22.6 Å². The van der Waals surface area contributed by atoms with E-state index < -0.39 is 29.8 Å². The van der Waals surface area contributed by atoms with Gasteiger partial charge < -0.3 is 10.0 Å². The third-order valence-electron chi connectivity index (χ3n) is 2.98. The Bertz CT molecular complexity index is 797. The summed E-state index contributed by atoms with van der Waals surface area (Å²) in [6.45, 7) is -0.670. The van der Waals surface area contributed by atoms with E-state index in [0.29, 0.717) is 4.68 Å². The molecular formula is C13H12F3N3O3. The van der Waals surface area contributed by atoms with E-state index in [2.05, 4.69) is 5.10 Å². The fourth-order valence-corrected chi connectivity index (χ4v) is 2.01. The molecule has 2 aromatic rings. The van der Waals surface area contributed by atoms with E-state index >= 15 is 0 Å². The Morgan fingerprint density at radius 3 is 2.45 bits per heavy atom. The maximum atomic E-state index is 12.8. The minimum absolute atomic E-state index is 0.0199. The summed E-state index contributed by atoms with van der Waals surface area (Å²) in [6.07, 6.45) is -4.55. The Morgan fingerprint density at radius 1 is 1.32 bits per heavy atom. The summed E-state index contributed by atoms with van der Waals surface area (Å²) in [6, 6.07) is 2.66. The second-order valence-corrected chi connectivity index (χ2v) is 4.83. The number of aliphatic carboxylic acids is 1. The minimum atomic E-state index is -4.55. The van der Waals surface area contributed by atoms with Crippen LogP contribution in [0.5, 0.6) is 0 Å². The van der Waals surface area contributed by atoms with Gasteiger partial charge in [-0.1, -0.05) is 0 Å². The maximum Gasteiger partial charge on any atom is 0.416 e. The Balaban J connectivity index is 2.81. The van der Waals surface area contributed by atoms with Crippen molar-refractivity contribution in [3.63, 3.8) is 0 Å². The topological polar surface area (TPSA) is 75.4 Å². The molecule has 1 heterocycles. The zero-order valence-corrected chi connectivity index (χ0v) is 11.7. The first kappa shape index (κ1) is 15.8. The van der Waals surface area contributed by atoms with Gasteiger partial charge in [0.15, 0.2) is 5.82 Å². The van der Waals surface area contributed by atoms with Crippen LogP contribution >= 0.6 is 0 Å². The number of hydrogen-bond donors (Lipinski definition) is 1. The van der Waals surface area contributed by atoms with Gasteiger partial charge in [-0.25, -0.2) is 4.68 Å². The first-order chi connectivity index (χ1) is 10.1. The predicted molar refractivity (Wildman–Crippen MR) is 73.0 cm³/mol. The number of nitrogens with zero attached hydrogens (tertiary/aromatic N) is 3. The van der Waals surface area contributed by atoms with Crippen molar-refractivity contribution in [2.75, 3.05) is 19.0 Å². The third kappa shape index (κ3) is 2.87. The Hall–Kier alpha value is -2.58. The number of benzene rings is 1. The molecule has 0 saturated heterocycles. The molecule has 22 heavy (non-hydrogen) atoms. The van der Waals surface area contributed by atoms with E-state index in [0.717, 1.165) is 18.2 Å². The van der Waals surface area contributed by atoms with Crippen molar-refractivity contribution < 1.29 is 23.1 Å². The Kier molecular flexibility index (Phi) is 3.82. The van der Waals surface area contributed by atoms with Gasteiger partial charge in [-0.2, -0.15) is 18.3 Å². The zero-order chi connectivity index (χ0) is 16.7. The minimum Gasteiger partial charge on any atom is -0.480 e. The average Bonchev–Trinajstić information content (AvgIpc) is 2.39. The molecule has 1 N–H and O–H groups in total. The van der Waals surface area contributed by atoms with Gasteiger partial charge in [0.05, 0.1) is 10.9 Å². The van der Waals surface area contributed by atoms with Crippen LogP contribution in [0.1, 0.15) is 5.56 Å². The third-order valence-corrected chi connectivity index (χ3v) is 2.98. The van der Waals surface area contributed by atoms with Gasteiger partial charge >= 0.3 is 12.1 Å². The molecule has 0 amide bonds. The van der Waals surface area contributed by atoms with E-state index in [-0.39, 0.29) is 16.6 Å². The van der Waals surface area contributed by atoms with Crippen molar-refractivity contribution in [1.29, 1.82) is 0 Å². The lowest BCUT2D eigenvalue weighted by Crippen LogP contribution is -2.29. The molecule has 0 radical (unpaired) electrons. The van der Waals surface area contributed by atoms with Gasteiger partial charge in [0.1, 0.15) is 6.54 Å². The summed E-state index contributed by atoms with van der Waals surface area (Å²) in [5.74, 6) is -1.19. The lowest BCUT2D eigenvalue weighted by molar-refractivity contribution is -0.138. The highest BCUT2D eigenvalue weighted by molar-refractivity contribution is 5.92. The molecule has 0 fully saturated rings. The van der Waals surface area contributed by atoms with Gasteiger partial charge in [-0.05, 0) is 18.2 Å². The first-order valence-electron chi connectivity index (χ1n) is 6.12. The number of aromatic nitrogens is 2. The van der Waals surface area contributed by atoms with Crippen LogP contribution in [-0.2, 0) is 17.5 Å². The van der Waals surface area contributed by atoms with Gasteiger partial charge in [0, 0.05) is 19.5 Å². The molecule has 0 aliphatic carbocycles. The highest BCUT2D eigenvalue weighted by Gasteiger charge is 2.31. The molecule has 2 rings (SSSR count). The van der Waals surface area contributed by atoms with Crippen molar-refractivity contribution in [1.82, 2.24) is 9.78 Å². The van der Waals surface area contributed by atoms with Crippen molar-refractivity contribution in [2.45, 2.75) is 12.7 Å². The smallest absolute Gasteiger partial charge is 0.416 e. The van der Waals surface area contributed by atoms with Crippen molar-refractivity contribution in [3.05, 3.63) is 34.1 Å². The highest BCUT2D eigenvalue weighted by Crippen LogP contribution is 2.32. The number of hydrogen-bond acceptors (Lipinski definition) is 4. The normalized spacial score (nSPS) is 11.7. The van der Waals surface area contributed by atoms with Crippen molar-refractivity contribution in [3.8, 4) is 0 Å². The average molecular weight is 315 g/mol. The van der Waals surface area contributed by atoms with Gasteiger partial charge in [-0.3, -0.25) is 9.59 Å². The van der Waals surface area contributed by atoms with Crippen molar-refractivity contribution in [2.24, 2.45) is 0 Å². The number of anilines is 1. The quantitative estimate of drug-likeness (QED) is 0.930. The summed E-state index contributed by atoms with van der Waals surface area (Å²) < 4.78 is 39.1. The summed E-state index contributed by atoms with van der Waals surface area (Å²) >= 11 is 0. The van der Waals surface area contributed by atoms with Crippen LogP contribution in [0, 0.1) is 0 Å². The summed E-state index contributed by atoms with van der Waals surface area (Å²) in [7, 11) is 3.08. The molecule has 0 bridgehead atoms. The van der Waals surface area contributed by atoms with Crippen LogP contribution in [0.15, 0.2) is 23.0 Å². The molecule has 1 aromatic heterocycles. The second kappa shape index (κ2) is 5.32. The summed E-state index contributed by atoms with van der Waals surface area (Å²) in [5.41, 5.74) is -1.66. The second-order valence-electron chi connectivity index (χ2n) is 4.83. The molecule has 9 heteroatoms. The van der Waals surface area contributed by atoms with Crippen LogP contribution in [0.25, 0.3) is 10.8 Å². The largest absolute Gasteiger partial charge is 0.480 e. The van der Waals surface area contributed by atoms with Gasteiger partial charge in [0.2, 0.25) is 0 Å². The molecule has 0 saturated carbocycles. The highest BCUT2D eigenvalue weighted by atomic mass is 19.4. The predicted octanol–water partition coefficient (Wildman–Crippen LogP) is 1.57. The van der Waals surface area contributed by atoms with Crippen LogP contribution in [0.4, 0.5) is 19.0 Å². The number of alkyl halides is 3. The lowest BCUT2D eigenvalue weighted by Gasteiger charge is -2.17. The number of rotatable bonds is 3. The molecule has 0 aliphatic rings. The van der Waals surface area contributed by atoms with Crippen LogP contribution in [-0.4, -0.2) is 35.0 Å². The number of halogens is 3. The van der Waals surface area contributed by atoms with E-state index in [9.17, 15) is 22.8 Å². The standard InChI is InChI=1S/C13H12F3N3O3/c1-18(2)11-9-5-7(13(14,15)16)3-4-8(9)12(22)19(17-11)6-10(20)21/h3-5H,6H2,1-2H3,(H,20,21). The van der Waals surface area contributed by atoms with Crippen LogP contribution < -0.4 is 10.5 Å². The van der Waals surface area contributed by atoms with E-state index in [1.165, 1.54) is 19.0 Å². The van der Waals surface area contributed by atoms with Crippen LogP contribution in [0.2, 0.25) is 0 Å². The molecule has 118 valence electrons. The maximum absolute atomic E-state index is 12.8. The molecule has 0 spiro atoms. The monoisotopic (exact) mass is 315 g/mol. The molecule has 0 aliphatic heterocycles. The van der Waals surface area contributed by atoms with E-state index in [4.69, 9.17) is 5.11 Å². The van der Waals surface area contributed by atoms with Gasteiger partial charge in [-0.15, -0.1) is 0 Å². The zero-order valence-electron chi connectivity index (χ0n) is 11.7. The SMILES string of the molecule is CN(C)c1nn(CC(=O)O)c(=O)c2ccc(C(F)(F)F)cc12. The first-order valence-corrected chi connectivity index (χ1v) is 6.12. The molecular weight excluding hydrogens is 303 g/mol. The molecule has 6 nitrogen and oxygen atoms in total. The fraction of sp³-hybridized carbons (Fsp3) is 0.308. The lowest BCUT2D eigenvalue weighted by atomic mass is 10.1. The number of carboxylic acids is 1. The molecule has 0 atom stereocenters. The molecule has 1 aromatic carbocycles. The fourth-order valence-electron chi connectivity index (χ4n) is 2.01. The summed E-state index contributed by atoms with van der Waals surface area (Å²) in [5, 5.41) is 12.6. The molecule has 0 unspecified atom stereocenters. The Labute approximate surface area is 122 Å². The number of carbonyl (C=O) groups is 1. The number of carboxylic acid groups (broad SMARTS) is 1. The summed E-state index contributed by atoms with van der Waals surface area (Å²) in [4.78, 5) is 24.3. The van der Waals surface area contributed by atoms with Crippen LogP contribution in [0.3, 0.4) is 0 Å². The van der Waals surface area contributed by atoms with E-state index in [1.807, 2.05) is 0 Å². The Morgan fingerprint density at radius 2 is 1.95 bits per heavy atom. The number of fused-ring (bicyclic) bond motifs is 1. The van der Waals surface area contributed by atoms with Gasteiger partial charge in [0.25, 0.3) is 5.56 Å².